The van der Waals surface area contributed by atoms with E-state index in [2.05, 4.69) is 27.1 Å². The first kappa shape index (κ1) is 23.0. The number of alkyl carbamates (subject to hydrolysis) is 1. The third kappa shape index (κ3) is 4.38. The fourth-order valence-electron chi connectivity index (χ4n) is 4.68. The summed E-state index contributed by atoms with van der Waals surface area (Å²) in [5.41, 5.74) is 4.75. The summed E-state index contributed by atoms with van der Waals surface area (Å²) in [4.78, 5) is 36.9. The minimum Gasteiger partial charge on any atom is -0.478 e. The van der Waals surface area contributed by atoms with Crippen LogP contribution in [0.15, 0.2) is 48.5 Å². The fraction of sp³-hybridized carbons (Fsp3) is 0.280. The number of rotatable bonds is 6. The van der Waals surface area contributed by atoms with Gasteiger partial charge in [0.1, 0.15) is 17.2 Å². The minimum atomic E-state index is -1.17. The number of carbonyl (C=O) groups excluding carboxylic acids is 2. The van der Waals surface area contributed by atoms with Gasteiger partial charge in [0, 0.05) is 12.5 Å². The summed E-state index contributed by atoms with van der Waals surface area (Å²) in [6.45, 7) is 2.00. The number of aromatic carboxylic acids is 1. The van der Waals surface area contributed by atoms with Gasteiger partial charge in [-0.05, 0) is 47.1 Å². The number of carboxylic acids is 1. The highest BCUT2D eigenvalue weighted by molar-refractivity contribution is 7.11. The lowest BCUT2D eigenvalue weighted by atomic mass is 9.98. The van der Waals surface area contributed by atoms with Crippen LogP contribution < -0.4 is 10.6 Å². The summed E-state index contributed by atoms with van der Waals surface area (Å²) in [7, 11) is 0. The Morgan fingerprint density at radius 3 is 2.43 bits per heavy atom. The Morgan fingerprint density at radius 1 is 1.11 bits per heavy atom. The Bertz CT molecular complexity index is 1260. The van der Waals surface area contributed by atoms with Crippen LogP contribution in [0.25, 0.3) is 11.1 Å². The summed E-state index contributed by atoms with van der Waals surface area (Å²) in [6, 6.07) is 15.5. The largest absolute Gasteiger partial charge is 0.478 e. The summed E-state index contributed by atoms with van der Waals surface area (Å²) in [5, 5.41) is 14.8. The summed E-state index contributed by atoms with van der Waals surface area (Å²) >= 11 is 0.887. The Labute approximate surface area is 205 Å². The van der Waals surface area contributed by atoms with E-state index < -0.39 is 30.1 Å². The van der Waals surface area contributed by atoms with Gasteiger partial charge in [-0.3, -0.25) is 4.79 Å². The van der Waals surface area contributed by atoms with E-state index in [4.69, 9.17) is 9.47 Å². The Hall–Kier alpha value is -3.76. The standard InChI is InChI=1S/C25H23N3O6S/c1-13-20(24(30)31)23(35-28-13)27-22(29)21-19(10-11-33-21)26-25(32)34-12-18-16-8-4-2-6-14(16)15-7-3-5-9-17(15)18/h2-9,18-19,21H,10-12H2,1H3,(H,26,32)(H,27,29)(H,30,31)/t19-,21+/m1/s1. The van der Waals surface area contributed by atoms with Crippen molar-refractivity contribution in [3.05, 3.63) is 70.9 Å². The number of ether oxygens (including phenoxy) is 2. The molecule has 9 nitrogen and oxygen atoms in total. The summed E-state index contributed by atoms with van der Waals surface area (Å²) < 4.78 is 15.1. The van der Waals surface area contributed by atoms with E-state index in [0.29, 0.717) is 12.1 Å². The highest BCUT2D eigenvalue weighted by Crippen LogP contribution is 2.44. The molecule has 1 saturated heterocycles. The number of carbonyl (C=O) groups is 3. The average molecular weight is 494 g/mol. The minimum absolute atomic E-state index is 0.0533. The molecular formula is C25H23N3O6S. The van der Waals surface area contributed by atoms with Crippen LogP contribution in [-0.4, -0.2) is 52.8 Å². The van der Waals surface area contributed by atoms with Crippen LogP contribution in [0.3, 0.4) is 0 Å². The maximum absolute atomic E-state index is 12.8. The van der Waals surface area contributed by atoms with Crippen molar-refractivity contribution in [1.29, 1.82) is 0 Å². The molecule has 0 saturated carbocycles. The molecule has 3 aromatic rings. The Balaban J connectivity index is 1.22. The average Bonchev–Trinajstić information content (AvgIpc) is 3.53. The Kier molecular flexibility index (Phi) is 6.23. The van der Waals surface area contributed by atoms with Gasteiger partial charge in [-0.25, -0.2) is 9.59 Å². The molecule has 2 amide bonds. The molecule has 3 N–H and O–H groups in total. The van der Waals surface area contributed by atoms with Gasteiger partial charge in [-0.1, -0.05) is 48.5 Å². The molecule has 2 aromatic carbocycles. The van der Waals surface area contributed by atoms with E-state index in [1.165, 1.54) is 0 Å². The van der Waals surface area contributed by atoms with E-state index in [0.717, 1.165) is 33.8 Å². The van der Waals surface area contributed by atoms with Crippen molar-refractivity contribution >= 4 is 34.5 Å². The molecule has 1 aliphatic carbocycles. The van der Waals surface area contributed by atoms with Gasteiger partial charge in [0.05, 0.1) is 11.7 Å². The Morgan fingerprint density at radius 2 is 1.77 bits per heavy atom. The summed E-state index contributed by atoms with van der Waals surface area (Å²) in [5.74, 6) is -1.79. The molecule has 0 unspecified atom stereocenters. The molecule has 2 atom stereocenters. The number of hydrogen-bond acceptors (Lipinski definition) is 7. The lowest BCUT2D eigenvalue weighted by molar-refractivity contribution is -0.125. The van der Waals surface area contributed by atoms with Crippen molar-refractivity contribution in [3.8, 4) is 11.1 Å². The van der Waals surface area contributed by atoms with E-state index >= 15 is 0 Å². The number of hydrogen-bond donors (Lipinski definition) is 3. The number of amides is 2. The maximum Gasteiger partial charge on any atom is 0.407 e. The van der Waals surface area contributed by atoms with E-state index in [1.54, 1.807) is 6.92 Å². The molecule has 1 aromatic heterocycles. The zero-order valence-corrected chi connectivity index (χ0v) is 19.6. The number of nitrogens with zero attached hydrogens (tertiary/aromatic N) is 1. The smallest absolute Gasteiger partial charge is 0.407 e. The monoisotopic (exact) mass is 493 g/mol. The SMILES string of the molecule is Cc1nsc(NC(=O)[C@H]2OCC[C@H]2NC(=O)OCC2c3ccccc3-c3ccccc32)c1C(=O)O. The van der Waals surface area contributed by atoms with Crippen LogP contribution in [0.2, 0.25) is 0 Å². The molecule has 10 heteroatoms. The second-order valence-electron chi connectivity index (χ2n) is 8.42. The predicted octanol–water partition coefficient (Wildman–Crippen LogP) is 3.78. The van der Waals surface area contributed by atoms with Gasteiger partial charge in [0.25, 0.3) is 5.91 Å². The second kappa shape index (κ2) is 9.47. The van der Waals surface area contributed by atoms with Crippen molar-refractivity contribution in [2.75, 3.05) is 18.5 Å². The van der Waals surface area contributed by atoms with Crippen LogP contribution in [0.4, 0.5) is 9.80 Å². The van der Waals surface area contributed by atoms with Crippen LogP contribution in [-0.2, 0) is 14.3 Å². The number of aryl methyl sites for hydroxylation is 1. The summed E-state index contributed by atoms with van der Waals surface area (Å²) in [6.07, 6.45) is -1.19. The maximum atomic E-state index is 12.8. The van der Waals surface area contributed by atoms with Crippen molar-refractivity contribution < 1.29 is 29.0 Å². The zero-order valence-electron chi connectivity index (χ0n) is 18.8. The molecular weight excluding hydrogens is 470 g/mol. The number of anilines is 1. The van der Waals surface area contributed by atoms with Crippen molar-refractivity contribution in [1.82, 2.24) is 9.69 Å². The molecule has 180 valence electrons. The molecule has 2 heterocycles. The molecule has 5 rings (SSSR count). The first-order valence-corrected chi connectivity index (χ1v) is 11.9. The molecule has 35 heavy (non-hydrogen) atoms. The van der Waals surface area contributed by atoms with Gasteiger partial charge >= 0.3 is 12.1 Å². The van der Waals surface area contributed by atoms with Gasteiger partial charge in [-0.15, -0.1) is 0 Å². The van der Waals surface area contributed by atoms with Gasteiger partial charge in [-0.2, -0.15) is 4.37 Å². The molecule has 1 fully saturated rings. The number of benzene rings is 2. The first-order valence-electron chi connectivity index (χ1n) is 11.2. The number of fused-ring (bicyclic) bond motifs is 3. The lowest BCUT2D eigenvalue weighted by Crippen LogP contribution is -2.46. The molecule has 0 spiro atoms. The number of carboxylic acid groups (broad SMARTS) is 1. The highest BCUT2D eigenvalue weighted by atomic mass is 32.1. The van der Waals surface area contributed by atoms with Crippen LogP contribution >= 0.6 is 11.5 Å². The molecule has 1 aliphatic heterocycles. The normalized spacial score (nSPS) is 18.5. The highest BCUT2D eigenvalue weighted by Gasteiger charge is 2.37. The zero-order chi connectivity index (χ0) is 24.5. The van der Waals surface area contributed by atoms with Gasteiger partial charge in [0.2, 0.25) is 0 Å². The first-order chi connectivity index (χ1) is 16.9. The fourth-order valence-corrected chi connectivity index (χ4v) is 5.47. The van der Waals surface area contributed by atoms with Crippen LogP contribution in [0.5, 0.6) is 0 Å². The third-order valence-corrected chi connectivity index (χ3v) is 7.16. The van der Waals surface area contributed by atoms with E-state index in [-0.39, 0.29) is 29.7 Å². The number of aromatic nitrogens is 1. The van der Waals surface area contributed by atoms with Gasteiger partial charge < -0.3 is 25.2 Å². The van der Waals surface area contributed by atoms with E-state index in [9.17, 15) is 19.5 Å². The van der Waals surface area contributed by atoms with Crippen LogP contribution in [0.1, 0.15) is 39.5 Å². The number of nitrogens with one attached hydrogen (secondary N) is 2. The third-order valence-electron chi connectivity index (χ3n) is 6.31. The van der Waals surface area contributed by atoms with E-state index in [1.807, 2.05) is 36.4 Å². The van der Waals surface area contributed by atoms with Crippen molar-refractivity contribution in [2.24, 2.45) is 0 Å². The lowest BCUT2D eigenvalue weighted by Gasteiger charge is -2.20. The topological polar surface area (TPSA) is 127 Å². The molecule has 0 radical (unpaired) electrons. The second-order valence-corrected chi connectivity index (χ2v) is 9.20. The molecule has 2 aliphatic rings. The quantitative estimate of drug-likeness (QED) is 0.477. The van der Waals surface area contributed by atoms with Crippen LogP contribution in [0, 0.1) is 6.92 Å². The molecule has 0 bridgehead atoms. The predicted molar refractivity (Wildman–Crippen MR) is 129 cm³/mol. The van der Waals surface area contributed by atoms with Crippen molar-refractivity contribution in [3.63, 3.8) is 0 Å². The van der Waals surface area contributed by atoms with Crippen molar-refractivity contribution in [2.45, 2.75) is 31.4 Å². The van der Waals surface area contributed by atoms with Gasteiger partial charge in [0.15, 0.2) is 6.10 Å².